The Morgan fingerprint density at radius 2 is 2.00 bits per heavy atom. The highest BCUT2D eigenvalue weighted by Crippen LogP contribution is 1.96. The number of ether oxygens (including phenoxy) is 1. The second-order valence-corrected chi connectivity index (χ2v) is 3.57. The highest BCUT2D eigenvalue weighted by atomic mass is 19.1. The average Bonchev–Trinajstić information content (AvgIpc) is 2.25. The highest BCUT2D eigenvalue weighted by Gasteiger charge is 1.96. The minimum absolute atomic E-state index is 0.414. The molecule has 0 atom stereocenters. The van der Waals surface area contributed by atoms with E-state index in [0.717, 1.165) is 18.9 Å². The molecule has 90 valence electrons. The lowest BCUT2D eigenvalue weighted by Crippen LogP contribution is -2.20. The first kappa shape index (κ1) is 12.8. The van der Waals surface area contributed by atoms with Crippen molar-refractivity contribution in [2.45, 2.75) is 0 Å². The molecule has 0 amide bonds. The van der Waals surface area contributed by atoms with Crippen LogP contribution in [0.3, 0.4) is 0 Å². The molecule has 0 aromatic carbocycles. The molecule has 1 N–H and O–H groups in total. The van der Waals surface area contributed by atoms with E-state index >= 15 is 0 Å². The molecule has 0 aliphatic heterocycles. The third-order valence-electron chi connectivity index (χ3n) is 1.83. The van der Waals surface area contributed by atoms with Gasteiger partial charge in [-0.1, -0.05) is 0 Å². The molecule has 0 aliphatic carbocycles. The van der Waals surface area contributed by atoms with Gasteiger partial charge in [-0.3, -0.25) is 0 Å². The van der Waals surface area contributed by atoms with Crippen LogP contribution in [-0.4, -0.2) is 55.3 Å². The van der Waals surface area contributed by atoms with Crippen LogP contribution in [0.2, 0.25) is 0 Å². The van der Waals surface area contributed by atoms with Crippen molar-refractivity contribution in [1.82, 2.24) is 14.9 Å². The van der Waals surface area contributed by atoms with Crippen molar-refractivity contribution >= 4 is 5.95 Å². The Morgan fingerprint density at radius 1 is 1.31 bits per heavy atom. The third-order valence-corrected chi connectivity index (χ3v) is 1.83. The van der Waals surface area contributed by atoms with Gasteiger partial charge in [-0.2, -0.15) is 0 Å². The Hall–Kier alpha value is -1.27. The molecule has 16 heavy (non-hydrogen) atoms. The molecule has 0 spiro atoms. The van der Waals surface area contributed by atoms with Gasteiger partial charge in [0, 0.05) is 13.1 Å². The van der Waals surface area contributed by atoms with E-state index in [9.17, 15) is 4.39 Å². The smallest absolute Gasteiger partial charge is 0.222 e. The molecule has 0 fully saturated rings. The quantitative estimate of drug-likeness (QED) is 0.693. The maximum atomic E-state index is 12.5. The molecule has 1 aromatic heterocycles. The van der Waals surface area contributed by atoms with Gasteiger partial charge in [-0.25, -0.2) is 14.4 Å². The summed E-state index contributed by atoms with van der Waals surface area (Å²) >= 11 is 0. The van der Waals surface area contributed by atoms with Gasteiger partial charge in [-0.05, 0) is 14.1 Å². The molecule has 5 nitrogen and oxygen atoms in total. The zero-order valence-corrected chi connectivity index (χ0v) is 9.61. The Balaban J connectivity index is 2.05. The maximum absolute atomic E-state index is 12.5. The lowest BCUT2D eigenvalue weighted by molar-refractivity contribution is 0.126. The molecule has 0 saturated carbocycles. The van der Waals surface area contributed by atoms with Crippen LogP contribution >= 0.6 is 0 Å². The number of anilines is 1. The predicted octanol–water partition coefficient (Wildman–Crippen LogP) is 0.606. The van der Waals surface area contributed by atoms with Gasteiger partial charge in [0.1, 0.15) is 0 Å². The van der Waals surface area contributed by atoms with Crippen molar-refractivity contribution in [2.75, 3.05) is 45.7 Å². The molecule has 1 heterocycles. The van der Waals surface area contributed by atoms with Crippen LogP contribution in [0.1, 0.15) is 0 Å². The Morgan fingerprint density at radius 3 is 2.62 bits per heavy atom. The molecular weight excluding hydrogens is 211 g/mol. The minimum Gasteiger partial charge on any atom is -0.378 e. The predicted molar refractivity (Wildman–Crippen MR) is 59.9 cm³/mol. The molecule has 0 unspecified atom stereocenters. The van der Waals surface area contributed by atoms with E-state index in [4.69, 9.17) is 4.74 Å². The lowest BCUT2D eigenvalue weighted by atomic mass is 10.6. The van der Waals surface area contributed by atoms with Crippen molar-refractivity contribution in [3.05, 3.63) is 18.2 Å². The molecule has 1 aromatic rings. The van der Waals surface area contributed by atoms with Gasteiger partial charge in [0.05, 0.1) is 25.6 Å². The maximum Gasteiger partial charge on any atom is 0.222 e. The molecule has 1 rings (SSSR count). The average molecular weight is 228 g/mol. The normalized spacial score (nSPS) is 10.8. The van der Waals surface area contributed by atoms with Gasteiger partial charge in [0.25, 0.3) is 0 Å². The first-order valence-corrected chi connectivity index (χ1v) is 5.12. The summed E-state index contributed by atoms with van der Waals surface area (Å²) < 4.78 is 17.8. The van der Waals surface area contributed by atoms with Crippen molar-refractivity contribution < 1.29 is 9.13 Å². The van der Waals surface area contributed by atoms with Crippen LogP contribution in [0, 0.1) is 5.82 Å². The zero-order valence-electron chi connectivity index (χ0n) is 9.61. The van der Waals surface area contributed by atoms with Gasteiger partial charge in [0.15, 0.2) is 5.82 Å². The van der Waals surface area contributed by atoms with Crippen molar-refractivity contribution in [1.29, 1.82) is 0 Å². The van der Waals surface area contributed by atoms with E-state index in [2.05, 4.69) is 20.2 Å². The van der Waals surface area contributed by atoms with Crippen molar-refractivity contribution in [3.63, 3.8) is 0 Å². The monoisotopic (exact) mass is 228 g/mol. The molecule has 0 saturated heterocycles. The highest BCUT2D eigenvalue weighted by molar-refractivity contribution is 5.21. The van der Waals surface area contributed by atoms with Crippen LogP contribution < -0.4 is 5.32 Å². The lowest BCUT2D eigenvalue weighted by Gasteiger charge is -2.10. The number of aromatic nitrogens is 2. The number of likely N-dealkylation sites (N-methyl/N-ethyl adjacent to an activating group) is 1. The van der Waals surface area contributed by atoms with Crippen molar-refractivity contribution in [3.8, 4) is 0 Å². The first-order valence-electron chi connectivity index (χ1n) is 5.12. The summed E-state index contributed by atoms with van der Waals surface area (Å²) in [4.78, 5) is 9.58. The Bertz CT molecular complexity index is 291. The number of hydrogen-bond acceptors (Lipinski definition) is 5. The van der Waals surface area contributed by atoms with Crippen molar-refractivity contribution in [2.24, 2.45) is 0 Å². The van der Waals surface area contributed by atoms with E-state index in [0.29, 0.717) is 25.7 Å². The Labute approximate surface area is 94.6 Å². The van der Waals surface area contributed by atoms with E-state index in [1.165, 1.54) is 0 Å². The van der Waals surface area contributed by atoms with E-state index in [1.807, 2.05) is 14.1 Å². The summed E-state index contributed by atoms with van der Waals surface area (Å²) in [5.41, 5.74) is 0. The Kier molecular flexibility index (Phi) is 5.66. The number of rotatable bonds is 7. The molecule has 0 radical (unpaired) electrons. The van der Waals surface area contributed by atoms with Crippen LogP contribution in [-0.2, 0) is 4.74 Å². The van der Waals surface area contributed by atoms with Gasteiger partial charge < -0.3 is 15.0 Å². The molecular formula is C10H17FN4O. The summed E-state index contributed by atoms with van der Waals surface area (Å²) in [7, 11) is 3.99. The third kappa shape index (κ3) is 5.57. The second-order valence-electron chi connectivity index (χ2n) is 3.57. The van der Waals surface area contributed by atoms with E-state index < -0.39 is 5.82 Å². The minimum atomic E-state index is -0.437. The summed E-state index contributed by atoms with van der Waals surface area (Å²) in [6, 6.07) is 0. The fourth-order valence-corrected chi connectivity index (χ4v) is 0.988. The van der Waals surface area contributed by atoms with E-state index in [1.54, 1.807) is 0 Å². The number of nitrogens with zero attached hydrogens (tertiary/aromatic N) is 3. The SMILES string of the molecule is CN(C)CCOCCNc1ncc(F)cn1. The summed E-state index contributed by atoms with van der Waals surface area (Å²) in [5, 5.41) is 2.93. The fourth-order valence-electron chi connectivity index (χ4n) is 0.988. The van der Waals surface area contributed by atoms with Gasteiger partial charge >= 0.3 is 0 Å². The zero-order chi connectivity index (χ0) is 11.8. The number of hydrogen-bond donors (Lipinski definition) is 1. The number of halogens is 1. The topological polar surface area (TPSA) is 50.3 Å². The summed E-state index contributed by atoms with van der Waals surface area (Å²) in [5.74, 6) is -0.0228. The van der Waals surface area contributed by atoms with Crippen LogP contribution in [0.5, 0.6) is 0 Å². The number of nitrogens with one attached hydrogen (secondary N) is 1. The van der Waals surface area contributed by atoms with Crippen LogP contribution in [0.15, 0.2) is 12.4 Å². The van der Waals surface area contributed by atoms with Crippen LogP contribution in [0.4, 0.5) is 10.3 Å². The standard InChI is InChI=1S/C10H17FN4O/c1-15(2)4-6-16-5-3-12-10-13-7-9(11)8-14-10/h7-8H,3-6H2,1-2H3,(H,12,13,14). The molecule has 0 bridgehead atoms. The summed E-state index contributed by atoms with van der Waals surface area (Å²) in [6.07, 6.45) is 2.25. The van der Waals surface area contributed by atoms with E-state index in [-0.39, 0.29) is 0 Å². The fraction of sp³-hybridized carbons (Fsp3) is 0.600. The van der Waals surface area contributed by atoms with Crippen LogP contribution in [0.25, 0.3) is 0 Å². The second kappa shape index (κ2) is 7.08. The summed E-state index contributed by atoms with van der Waals surface area (Å²) in [6.45, 7) is 2.78. The first-order chi connectivity index (χ1) is 7.68. The molecule has 6 heteroatoms. The van der Waals surface area contributed by atoms with Gasteiger partial charge in [0.2, 0.25) is 5.95 Å². The molecule has 0 aliphatic rings. The van der Waals surface area contributed by atoms with Gasteiger partial charge in [-0.15, -0.1) is 0 Å². The largest absolute Gasteiger partial charge is 0.378 e.